The molecule has 0 spiro atoms. The summed E-state index contributed by atoms with van der Waals surface area (Å²) in [7, 11) is 0. The smallest absolute Gasteiger partial charge is 0.306 e. The second kappa shape index (κ2) is 54.5. The number of ether oxygens (including phenoxy) is 3. The molecule has 0 saturated carbocycles. The summed E-state index contributed by atoms with van der Waals surface area (Å²) in [5.41, 5.74) is 0. The lowest BCUT2D eigenvalue weighted by molar-refractivity contribution is -0.167. The molecule has 0 rings (SSSR count). The highest BCUT2D eigenvalue weighted by Gasteiger charge is 2.19. The van der Waals surface area contributed by atoms with Crippen LogP contribution in [0.4, 0.5) is 0 Å². The molecule has 1 unspecified atom stereocenters. The van der Waals surface area contributed by atoms with Crippen LogP contribution in [0.5, 0.6) is 0 Å². The summed E-state index contributed by atoms with van der Waals surface area (Å²) in [6, 6.07) is 0. The van der Waals surface area contributed by atoms with Crippen molar-refractivity contribution in [3.63, 3.8) is 0 Å². The molecule has 6 nitrogen and oxygen atoms in total. The van der Waals surface area contributed by atoms with Crippen molar-refractivity contribution in [2.75, 3.05) is 13.2 Å². The summed E-state index contributed by atoms with van der Waals surface area (Å²) >= 11 is 0. The lowest BCUT2D eigenvalue weighted by Crippen LogP contribution is -2.30. The quantitative estimate of drug-likeness (QED) is 0.0262. The first kappa shape index (κ1) is 62.8. The Labute approximate surface area is 408 Å². The number of carbonyl (C=O) groups excluding carboxylic acids is 3. The van der Waals surface area contributed by atoms with Gasteiger partial charge in [0.05, 0.1) is 0 Å². The molecular formula is C60H104O6. The van der Waals surface area contributed by atoms with Crippen LogP contribution in [0.15, 0.2) is 72.9 Å². The first-order valence-corrected chi connectivity index (χ1v) is 27.9. The van der Waals surface area contributed by atoms with E-state index in [0.717, 1.165) is 83.5 Å². The Kier molecular flexibility index (Phi) is 51.9. The number of allylic oxidation sites excluding steroid dienone is 12. The third-order valence-electron chi connectivity index (χ3n) is 11.9. The first-order chi connectivity index (χ1) is 32.5. The molecule has 0 aromatic heterocycles. The molecular weight excluding hydrogens is 817 g/mol. The normalized spacial score (nSPS) is 12.6. The van der Waals surface area contributed by atoms with E-state index in [4.69, 9.17) is 14.2 Å². The van der Waals surface area contributed by atoms with Crippen molar-refractivity contribution in [3.8, 4) is 0 Å². The van der Waals surface area contributed by atoms with E-state index in [2.05, 4.69) is 93.7 Å². The van der Waals surface area contributed by atoms with Crippen LogP contribution in [0, 0.1) is 0 Å². The minimum absolute atomic E-state index is 0.0948. The third-order valence-corrected chi connectivity index (χ3v) is 11.9. The molecule has 0 amide bonds. The van der Waals surface area contributed by atoms with Crippen molar-refractivity contribution in [1.82, 2.24) is 0 Å². The zero-order valence-electron chi connectivity index (χ0n) is 43.4. The summed E-state index contributed by atoms with van der Waals surface area (Å²) in [4.78, 5) is 38.1. The Hall–Kier alpha value is -3.15. The molecule has 0 aromatic rings. The minimum atomic E-state index is -0.799. The van der Waals surface area contributed by atoms with Crippen LogP contribution in [-0.4, -0.2) is 37.2 Å². The number of unbranched alkanes of at least 4 members (excludes halogenated alkanes) is 27. The molecule has 0 N–H and O–H groups in total. The maximum absolute atomic E-state index is 12.8. The van der Waals surface area contributed by atoms with Crippen molar-refractivity contribution in [1.29, 1.82) is 0 Å². The number of hydrogen-bond donors (Lipinski definition) is 0. The van der Waals surface area contributed by atoms with Crippen molar-refractivity contribution < 1.29 is 28.6 Å². The second-order valence-corrected chi connectivity index (χ2v) is 18.5. The minimum Gasteiger partial charge on any atom is -0.462 e. The van der Waals surface area contributed by atoms with Crippen molar-refractivity contribution in [2.24, 2.45) is 0 Å². The van der Waals surface area contributed by atoms with E-state index >= 15 is 0 Å². The van der Waals surface area contributed by atoms with Gasteiger partial charge in [0.2, 0.25) is 0 Å². The topological polar surface area (TPSA) is 78.9 Å². The predicted molar refractivity (Wildman–Crippen MR) is 284 cm³/mol. The molecule has 1 atom stereocenters. The molecule has 0 saturated heterocycles. The predicted octanol–water partition coefficient (Wildman–Crippen LogP) is 18.6. The number of carbonyl (C=O) groups is 3. The third kappa shape index (κ3) is 51.8. The van der Waals surface area contributed by atoms with E-state index in [-0.39, 0.29) is 37.5 Å². The molecule has 0 fully saturated rings. The monoisotopic (exact) mass is 921 g/mol. The van der Waals surface area contributed by atoms with Crippen LogP contribution in [0.25, 0.3) is 0 Å². The van der Waals surface area contributed by atoms with Crippen LogP contribution < -0.4 is 0 Å². The highest BCUT2D eigenvalue weighted by molar-refractivity contribution is 5.71. The van der Waals surface area contributed by atoms with Crippen LogP contribution in [0.3, 0.4) is 0 Å². The molecule has 0 radical (unpaired) electrons. The number of esters is 3. The molecule has 0 bridgehead atoms. The number of rotatable bonds is 50. The molecule has 380 valence electrons. The van der Waals surface area contributed by atoms with Gasteiger partial charge < -0.3 is 14.2 Å². The van der Waals surface area contributed by atoms with Gasteiger partial charge in [-0.3, -0.25) is 14.4 Å². The van der Waals surface area contributed by atoms with Gasteiger partial charge in [-0.1, -0.05) is 241 Å². The first-order valence-electron chi connectivity index (χ1n) is 27.9. The Bertz CT molecular complexity index is 1240. The summed E-state index contributed by atoms with van der Waals surface area (Å²) < 4.78 is 16.8. The van der Waals surface area contributed by atoms with Crippen molar-refractivity contribution >= 4 is 17.9 Å². The van der Waals surface area contributed by atoms with Gasteiger partial charge in [0.25, 0.3) is 0 Å². The van der Waals surface area contributed by atoms with Crippen molar-refractivity contribution in [2.45, 2.75) is 277 Å². The summed E-state index contributed by atoms with van der Waals surface area (Å²) in [6.07, 6.45) is 68.9. The van der Waals surface area contributed by atoms with Crippen LogP contribution in [-0.2, 0) is 28.6 Å². The highest BCUT2D eigenvalue weighted by Crippen LogP contribution is 2.16. The molecule has 0 aliphatic carbocycles. The molecule has 0 aromatic carbocycles. The zero-order chi connectivity index (χ0) is 47.9. The number of hydrogen-bond acceptors (Lipinski definition) is 6. The molecule has 6 heteroatoms. The van der Waals surface area contributed by atoms with E-state index in [1.165, 1.54) is 141 Å². The highest BCUT2D eigenvalue weighted by atomic mass is 16.6. The fourth-order valence-corrected chi connectivity index (χ4v) is 7.77. The lowest BCUT2D eigenvalue weighted by Gasteiger charge is -2.18. The van der Waals surface area contributed by atoms with Crippen LogP contribution >= 0.6 is 0 Å². The fraction of sp³-hybridized carbons (Fsp3) is 0.750. The maximum Gasteiger partial charge on any atom is 0.306 e. The maximum atomic E-state index is 12.8. The van der Waals surface area contributed by atoms with Gasteiger partial charge in [-0.25, -0.2) is 0 Å². The molecule has 66 heavy (non-hydrogen) atoms. The summed E-state index contributed by atoms with van der Waals surface area (Å²) in [5, 5.41) is 0. The van der Waals surface area contributed by atoms with Crippen LogP contribution in [0.2, 0.25) is 0 Å². The van der Waals surface area contributed by atoms with Gasteiger partial charge in [0, 0.05) is 19.3 Å². The van der Waals surface area contributed by atoms with Gasteiger partial charge in [0.1, 0.15) is 13.2 Å². The zero-order valence-corrected chi connectivity index (χ0v) is 43.4. The van der Waals surface area contributed by atoms with Gasteiger partial charge >= 0.3 is 17.9 Å². The molecule has 0 aliphatic heterocycles. The van der Waals surface area contributed by atoms with E-state index in [1.807, 2.05) is 0 Å². The summed E-state index contributed by atoms with van der Waals surface area (Å²) in [6.45, 7) is 6.47. The largest absolute Gasteiger partial charge is 0.462 e. The SMILES string of the molecule is CC/C=C\C/C=C\CCCCCCCCCC(=O)OCC(COC(=O)CCC/C=C\C/C=C\C/C=C\C/C=C\CCCCC)OC(=O)CCCCCCCCCCCCCCCCCCC. The Morgan fingerprint density at radius 3 is 1.02 bits per heavy atom. The average Bonchev–Trinajstić information content (AvgIpc) is 3.31. The standard InChI is InChI=1S/C60H104O6/c1-4-7-10-13-16-19-22-25-28-30-32-35-38-41-44-47-50-53-59(62)65-56-57(55-64-58(61)52-49-46-43-40-37-34-27-24-21-18-15-12-9-6-3)66-60(63)54-51-48-45-42-39-36-33-31-29-26-23-20-17-14-11-8-5-2/h9,12,16,18-19,21,25,28,32,35,41,44,57H,4-8,10-11,13-15,17,20,22-24,26-27,29-31,33-34,36-40,42-43,45-56H2,1-3H3/b12-9-,19-16-,21-18-,28-25-,35-32-,44-41-. The second-order valence-electron chi connectivity index (χ2n) is 18.5. The Balaban J connectivity index is 4.45. The van der Waals surface area contributed by atoms with Crippen molar-refractivity contribution in [3.05, 3.63) is 72.9 Å². The van der Waals surface area contributed by atoms with E-state index in [9.17, 15) is 14.4 Å². The molecule has 0 aliphatic rings. The Morgan fingerprint density at radius 2 is 0.606 bits per heavy atom. The van der Waals surface area contributed by atoms with Gasteiger partial charge in [-0.15, -0.1) is 0 Å². The fourth-order valence-electron chi connectivity index (χ4n) is 7.77. The van der Waals surface area contributed by atoms with E-state index in [0.29, 0.717) is 19.3 Å². The Morgan fingerprint density at radius 1 is 0.318 bits per heavy atom. The average molecular weight is 921 g/mol. The summed E-state index contributed by atoms with van der Waals surface area (Å²) in [5.74, 6) is -0.952. The van der Waals surface area contributed by atoms with E-state index in [1.54, 1.807) is 0 Å². The van der Waals surface area contributed by atoms with Gasteiger partial charge in [0.15, 0.2) is 6.10 Å². The molecule has 0 heterocycles. The lowest BCUT2D eigenvalue weighted by atomic mass is 10.0. The van der Waals surface area contributed by atoms with E-state index < -0.39 is 6.10 Å². The van der Waals surface area contributed by atoms with Gasteiger partial charge in [-0.05, 0) is 83.5 Å². The van der Waals surface area contributed by atoms with Crippen LogP contribution in [0.1, 0.15) is 271 Å². The van der Waals surface area contributed by atoms with Gasteiger partial charge in [-0.2, -0.15) is 0 Å².